The van der Waals surface area contributed by atoms with Crippen LogP contribution in [0.3, 0.4) is 0 Å². The van der Waals surface area contributed by atoms with Gasteiger partial charge in [-0.25, -0.2) is 0 Å². The van der Waals surface area contributed by atoms with Crippen molar-refractivity contribution in [2.75, 3.05) is 13.2 Å². The van der Waals surface area contributed by atoms with Gasteiger partial charge in [0.15, 0.2) is 6.10 Å². The molecule has 0 aromatic heterocycles. The Kier molecular flexibility index (Phi) is 55.4. The predicted molar refractivity (Wildman–Crippen MR) is 307 cm³/mol. The Hall–Kier alpha value is -3.93. The van der Waals surface area contributed by atoms with E-state index in [2.05, 4.69) is 130 Å². The predicted octanol–water partition coefficient (Wildman–Crippen LogP) is 19.9. The zero-order chi connectivity index (χ0) is 51.4. The normalized spacial score (nSPS) is 12.9. The van der Waals surface area contributed by atoms with Crippen LogP contribution in [0.25, 0.3) is 0 Å². The fourth-order valence-corrected chi connectivity index (χ4v) is 7.86. The van der Waals surface area contributed by atoms with Gasteiger partial charge in [-0.15, -0.1) is 0 Å². The molecule has 0 spiro atoms. The highest BCUT2D eigenvalue weighted by Crippen LogP contribution is 2.15. The van der Waals surface area contributed by atoms with Crippen molar-refractivity contribution in [2.45, 2.75) is 271 Å². The van der Waals surface area contributed by atoms with Crippen LogP contribution in [0.15, 0.2) is 109 Å². The van der Waals surface area contributed by atoms with Crippen molar-refractivity contribution in [1.29, 1.82) is 0 Å². The first-order valence-electron chi connectivity index (χ1n) is 29.4. The van der Waals surface area contributed by atoms with Gasteiger partial charge in [0.2, 0.25) is 0 Å². The van der Waals surface area contributed by atoms with Crippen LogP contribution in [0.2, 0.25) is 0 Å². The SMILES string of the molecule is CC/C=C\C/C=C\C/C=C\C/C=C\C/C=C\C/C=C\C/C=C\CCCC(=O)OCC(COC(=O)CCCCCCC/C=C\C/C=C\CCCC)OC(=O)CCCCCCCCCCCCCCCCCC. The average Bonchev–Trinajstić information content (AvgIpc) is 3.37. The summed E-state index contributed by atoms with van der Waals surface area (Å²) < 4.78 is 16.8. The fraction of sp³-hybridized carbons (Fsp3) is 0.677. The van der Waals surface area contributed by atoms with Gasteiger partial charge in [0, 0.05) is 19.3 Å². The van der Waals surface area contributed by atoms with Crippen molar-refractivity contribution in [1.82, 2.24) is 0 Å². The number of rotatable bonds is 52. The van der Waals surface area contributed by atoms with Crippen molar-refractivity contribution in [2.24, 2.45) is 0 Å². The monoisotopic (exact) mass is 985 g/mol. The van der Waals surface area contributed by atoms with Gasteiger partial charge < -0.3 is 14.2 Å². The number of carbonyl (C=O) groups excluding carboxylic acids is 3. The Morgan fingerprint density at radius 3 is 0.958 bits per heavy atom. The van der Waals surface area contributed by atoms with E-state index in [0.29, 0.717) is 19.3 Å². The molecule has 0 bridgehead atoms. The molecule has 0 radical (unpaired) electrons. The number of ether oxygens (including phenoxy) is 3. The summed E-state index contributed by atoms with van der Waals surface area (Å²) >= 11 is 0. The number of unbranched alkanes of at least 4 members (excludes halogenated alkanes) is 23. The molecule has 0 N–H and O–H groups in total. The molecule has 0 aliphatic rings. The van der Waals surface area contributed by atoms with E-state index < -0.39 is 6.10 Å². The number of carbonyl (C=O) groups is 3. The van der Waals surface area contributed by atoms with Gasteiger partial charge in [0.05, 0.1) is 0 Å². The maximum atomic E-state index is 12.9. The van der Waals surface area contributed by atoms with Gasteiger partial charge in [0.1, 0.15) is 13.2 Å². The molecule has 404 valence electrons. The van der Waals surface area contributed by atoms with E-state index in [1.54, 1.807) is 0 Å². The highest BCUT2D eigenvalue weighted by molar-refractivity contribution is 5.71. The maximum absolute atomic E-state index is 12.9. The van der Waals surface area contributed by atoms with E-state index in [1.807, 2.05) is 0 Å². The molecule has 0 aromatic rings. The lowest BCUT2D eigenvalue weighted by molar-refractivity contribution is -0.167. The van der Waals surface area contributed by atoms with Crippen LogP contribution in [0, 0.1) is 0 Å². The summed E-state index contributed by atoms with van der Waals surface area (Å²) in [4.78, 5) is 38.2. The Morgan fingerprint density at radius 1 is 0.296 bits per heavy atom. The van der Waals surface area contributed by atoms with Crippen LogP contribution < -0.4 is 0 Å². The largest absolute Gasteiger partial charge is 0.462 e. The summed E-state index contributed by atoms with van der Waals surface area (Å²) in [5.74, 6) is -0.973. The minimum absolute atomic E-state index is 0.103. The molecular formula is C65H108O6. The summed E-state index contributed by atoms with van der Waals surface area (Å²) in [6.45, 7) is 6.44. The molecule has 0 heterocycles. The topological polar surface area (TPSA) is 78.9 Å². The number of hydrogen-bond acceptors (Lipinski definition) is 6. The second-order valence-electron chi connectivity index (χ2n) is 19.2. The Bertz CT molecular complexity index is 1460. The summed E-state index contributed by atoms with van der Waals surface area (Å²) in [7, 11) is 0. The molecule has 0 aliphatic heterocycles. The molecule has 71 heavy (non-hydrogen) atoms. The molecule has 1 atom stereocenters. The van der Waals surface area contributed by atoms with Crippen LogP contribution in [-0.4, -0.2) is 37.2 Å². The second kappa shape index (κ2) is 58.6. The third kappa shape index (κ3) is 56.9. The lowest BCUT2D eigenvalue weighted by atomic mass is 10.0. The lowest BCUT2D eigenvalue weighted by Gasteiger charge is -2.18. The Morgan fingerprint density at radius 2 is 0.577 bits per heavy atom. The van der Waals surface area contributed by atoms with Gasteiger partial charge in [-0.05, 0) is 96.3 Å². The van der Waals surface area contributed by atoms with Crippen LogP contribution in [0.5, 0.6) is 0 Å². The van der Waals surface area contributed by atoms with E-state index in [-0.39, 0.29) is 37.5 Å². The van der Waals surface area contributed by atoms with Crippen LogP contribution >= 0.6 is 0 Å². The average molecular weight is 986 g/mol. The van der Waals surface area contributed by atoms with Gasteiger partial charge in [0.25, 0.3) is 0 Å². The molecule has 1 unspecified atom stereocenters. The molecule has 0 amide bonds. The van der Waals surface area contributed by atoms with Crippen LogP contribution in [0.1, 0.15) is 265 Å². The standard InChI is InChI=1S/C65H108O6/c1-4-7-10-13-16-19-22-25-28-30-31-32-33-34-35-36-38-40-43-46-49-52-55-58-64(67)70-61-62(60-69-63(66)57-54-51-48-45-42-39-27-24-21-18-15-12-9-6-3)71-65(68)59-56-53-50-47-44-41-37-29-26-23-20-17-14-11-8-5-2/h7,10,15-16,18-19,24-25,27-28,31-32,34-35,38,40,46,49,62H,4-6,8-9,11-14,17,20-23,26,29-30,33,36-37,39,41-45,47-48,50-61H2,1-3H3/b10-7-,18-15-,19-16-,27-24-,28-25-,32-31-,35-34-,40-38-,49-46-. The number of esters is 3. The summed E-state index contributed by atoms with van der Waals surface area (Å²) in [6, 6.07) is 0. The molecule has 6 heteroatoms. The Labute approximate surface area is 438 Å². The smallest absolute Gasteiger partial charge is 0.306 e. The summed E-state index contributed by atoms with van der Waals surface area (Å²) in [5, 5.41) is 0. The summed E-state index contributed by atoms with van der Waals surface area (Å²) in [5.41, 5.74) is 0. The number of allylic oxidation sites excluding steroid dienone is 18. The van der Waals surface area contributed by atoms with E-state index in [9.17, 15) is 14.4 Å². The quantitative estimate of drug-likeness (QED) is 0.0261. The first-order valence-corrected chi connectivity index (χ1v) is 29.4. The second-order valence-corrected chi connectivity index (χ2v) is 19.2. The minimum Gasteiger partial charge on any atom is -0.462 e. The lowest BCUT2D eigenvalue weighted by Crippen LogP contribution is -2.30. The number of hydrogen-bond donors (Lipinski definition) is 0. The van der Waals surface area contributed by atoms with E-state index in [0.717, 1.165) is 116 Å². The first-order chi connectivity index (χ1) is 35.0. The highest BCUT2D eigenvalue weighted by atomic mass is 16.6. The zero-order valence-electron chi connectivity index (χ0n) is 46.2. The van der Waals surface area contributed by atoms with Crippen LogP contribution in [0.4, 0.5) is 0 Å². The molecule has 6 nitrogen and oxygen atoms in total. The van der Waals surface area contributed by atoms with Crippen LogP contribution in [-0.2, 0) is 28.6 Å². The molecule has 0 saturated heterocycles. The molecular weight excluding hydrogens is 877 g/mol. The molecule has 0 aliphatic carbocycles. The third-order valence-corrected chi connectivity index (χ3v) is 12.3. The van der Waals surface area contributed by atoms with E-state index in [4.69, 9.17) is 14.2 Å². The first kappa shape index (κ1) is 67.1. The van der Waals surface area contributed by atoms with E-state index in [1.165, 1.54) is 103 Å². The molecule has 0 aromatic carbocycles. The Balaban J connectivity index is 4.48. The van der Waals surface area contributed by atoms with Crippen molar-refractivity contribution in [3.05, 3.63) is 109 Å². The molecule has 0 rings (SSSR count). The zero-order valence-corrected chi connectivity index (χ0v) is 46.2. The van der Waals surface area contributed by atoms with Gasteiger partial charge in [-0.1, -0.05) is 259 Å². The van der Waals surface area contributed by atoms with Gasteiger partial charge in [-0.2, -0.15) is 0 Å². The van der Waals surface area contributed by atoms with Crippen molar-refractivity contribution < 1.29 is 28.6 Å². The van der Waals surface area contributed by atoms with Crippen molar-refractivity contribution in [3.8, 4) is 0 Å². The van der Waals surface area contributed by atoms with Gasteiger partial charge >= 0.3 is 17.9 Å². The molecule has 0 saturated carbocycles. The highest BCUT2D eigenvalue weighted by Gasteiger charge is 2.19. The fourth-order valence-electron chi connectivity index (χ4n) is 7.86. The minimum atomic E-state index is -0.808. The van der Waals surface area contributed by atoms with Crippen molar-refractivity contribution >= 4 is 17.9 Å². The molecule has 0 fully saturated rings. The maximum Gasteiger partial charge on any atom is 0.306 e. The van der Waals surface area contributed by atoms with Crippen molar-refractivity contribution in [3.63, 3.8) is 0 Å². The van der Waals surface area contributed by atoms with Gasteiger partial charge in [-0.3, -0.25) is 14.4 Å². The van der Waals surface area contributed by atoms with E-state index >= 15 is 0 Å². The third-order valence-electron chi connectivity index (χ3n) is 12.3. The summed E-state index contributed by atoms with van der Waals surface area (Å²) in [6.07, 6.45) is 79.4.